The van der Waals surface area contributed by atoms with E-state index in [9.17, 15) is 8.42 Å². The van der Waals surface area contributed by atoms with Crippen LogP contribution >= 0.6 is 0 Å². The molecule has 0 saturated carbocycles. The molecule has 1 unspecified atom stereocenters. The molecular formula is C9H12N2O2S. The standard InChI is InChI=1S/C9H12N2O2S/c1-2-5-11-9(7-10)4-3-6-14(12,13)8-9/h1,11H,3-6,8H2. The Balaban J connectivity index is 2.81. The van der Waals surface area contributed by atoms with Gasteiger partial charge in [-0.3, -0.25) is 5.32 Å². The van der Waals surface area contributed by atoms with Crippen molar-refractivity contribution in [3.63, 3.8) is 0 Å². The quantitative estimate of drug-likeness (QED) is 0.637. The van der Waals surface area contributed by atoms with E-state index in [1.54, 1.807) is 0 Å². The highest BCUT2D eigenvalue weighted by Crippen LogP contribution is 2.21. The molecule has 0 spiro atoms. The molecule has 1 atom stereocenters. The average molecular weight is 212 g/mol. The van der Waals surface area contributed by atoms with Crippen LogP contribution in [0.5, 0.6) is 0 Å². The van der Waals surface area contributed by atoms with Gasteiger partial charge in [0.2, 0.25) is 0 Å². The topological polar surface area (TPSA) is 70.0 Å². The minimum absolute atomic E-state index is 0.127. The molecule has 0 aliphatic carbocycles. The fourth-order valence-corrected chi connectivity index (χ4v) is 3.39. The Morgan fingerprint density at radius 1 is 1.57 bits per heavy atom. The number of hydrogen-bond acceptors (Lipinski definition) is 4. The summed E-state index contributed by atoms with van der Waals surface area (Å²) in [6.45, 7) is 0.225. The molecule has 14 heavy (non-hydrogen) atoms. The van der Waals surface area contributed by atoms with Crippen molar-refractivity contribution >= 4 is 9.84 Å². The van der Waals surface area contributed by atoms with Crippen molar-refractivity contribution in [3.8, 4) is 18.4 Å². The molecule has 76 valence electrons. The van der Waals surface area contributed by atoms with E-state index >= 15 is 0 Å². The molecule has 1 N–H and O–H groups in total. The zero-order chi connectivity index (χ0) is 10.7. The Bertz CT molecular complexity index is 388. The molecule has 1 heterocycles. The van der Waals surface area contributed by atoms with Crippen molar-refractivity contribution in [1.82, 2.24) is 5.32 Å². The molecule has 1 saturated heterocycles. The lowest BCUT2D eigenvalue weighted by atomic mass is 9.97. The van der Waals surface area contributed by atoms with E-state index in [1.807, 2.05) is 6.07 Å². The highest BCUT2D eigenvalue weighted by Gasteiger charge is 2.38. The molecule has 0 aromatic heterocycles. The first-order valence-electron chi connectivity index (χ1n) is 4.34. The molecule has 1 aliphatic heterocycles. The van der Waals surface area contributed by atoms with Crippen molar-refractivity contribution in [2.75, 3.05) is 18.1 Å². The Labute approximate surface area is 84.2 Å². The van der Waals surface area contributed by atoms with Crippen molar-refractivity contribution < 1.29 is 8.42 Å². The highest BCUT2D eigenvalue weighted by atomic mass is 32.2. The van der Waals surface area contributed by atoms with Gasteiger partial charge in [-0.2, -0.15) is 5.26 Å². The third-order valence-corrected chi connectivity index (χ3v) is 4.11. The molecular weight excluding hydrogens is 200 g/mol. The summed E-state index contributed by atoms with van der Waals surface area (Å²) >= 11 is 0. The summed E-state index contributed by atoms with van der Waals surface area (Å²) in [6.07, 6.45) is 6.12. The smallest absolute Gasteiger partial charge is 0.153 e. The SMILES string of the molecule is C#CCNC1(C#N)CCCS(=O)(=O)C1. The van der Waals surface area contributed by atoms with E-state index < -0.39 is 15.4 Å². The fourth-order valence-electron chi connectivity index (χ4n) is 1.60. The van der Waals surface area contributed by atoms with Gasteiger partial charge >= 0.3 is 0 Å². The molecule has 4 nitrogen and oxygen atoms in total. The second-order valence-electron chi connectivity index (χ2n) is 3.45. The normalized spacial score (nSPS) is 30.1. The highest BCUT2D eigenvalue weighted by molar-refractivity contribution is 7.91. The monoisotopic (exact) mass is 212 g/mol. The Hall–Kier alpha value is -1.04. The predicted molar refractivity (Wildman–Crippen MR) is 53.1 cm³/mol. The van der Waals surface area contributed by atoms with Gasteiger partial charge in [-0.1, -0.05) is 5.92 Å². The average Bonchev–Trinajstić information content (AvgIpc) is 2.13. The maximum Gasteiger partial charge on any atom is 0.153 e. The molecule has 0 bridgehead atoms. The van der Waals surface area contributed by atoms with Gasteiger partial charge in [-0.15, -0.1) is 6.42 Å². The second-order valence-corrected chi connectivity index (χ2v) is 5.63. The van der Waals surface area contributed by atoms with E-state index in [-0.39, 0.29) is 18.1 Å². The van der Waals surface area contributed by atoms with Crippen LogP contribution in [0.15, 0.2) is 0 Å². The van der Waals surface area contributed by atoms with Crippen LogP contribution in [0, 0.1) is 23.7 Å². The number of nitriles is 1. The number of hydrogen-bond donors (Lipinski definition) is 1. The summed E-state index contributed by atoms with van der Waals surface area (Å²) in [6, 6.07) is 2.02. The first-order valence-corrected chi connectivity index (χ1v) is 6.16. The van der Waals surface area contributed by atoms with Gasteiger partial charge < -0.3 is 0 Å². The lowest BCUT2D eigenvalue weighted by Gasteiger charge is -2.30. The molecule has 1 fully saturated rings. The van der Waals surface area contributed by atoms with E-state index in [0.29, 0.717) is 12.8 Å². The molecule has 5 heteroatoms. The molecule has 1 aliphatic rings. The van der Waals surface area contributed by atoms with Gasteiger partial charge in [0.05, 0.1) is 24.1 Å². The third kappa shape index (κ3) is 2.47. The van der Waals surface area contributed by atoms with Crippen LogP contribution in [0.4, 0.5) is 0 Å². The largest absolute Gasteiger partial charge is 0.288 e. The summed E-state index contributed by atoms with van der Waals surface area (Å²) in [7, 11) is -3.09. The number of rotatable bonds is 2. The number of nitrogens with zero attached hydrogens (tertiary/aromatic N) is 1. The molecule has 0 radical (unpaired) electrons. The Morgan fingerprint density at radius 3 is 2.79 bits per heavy atom. The Kier molecular flexibility index (Phi) is 3.15. The van der Waals surface area contributed by atoms with Crippen molar-refractivity contribution in [2.24, 2.45) is 0 Å². The fraction of sp³-hybridized carbons (Fsp3) is 0.667. The predicted octanol–water partition coefficient (Wildman–Crippen LogP) is -0.320. The zero-order valence-corrected chi connectivity index (χ0v) is 8.60. The van der Waals surface area contributed by atoms with Crippen LogP contribution in [0.25, 0.3) is 0 Å². The van der Waals surface area contributed by atoms with Gasteiger partial charge in [-0.05, 0) is 12.8 Å². The summed E-state index contributed by atoms with van der Waals surface area (Å²) in [5, 5.41) is 11.8. The van der Waals surface area contributed by atoms with Crippen molar-refractivity contribution in [1.29, 1.82) is 5.26 Å². The van der Waals surface area contributed by atoms with Crippen LogP contribution in [0.2, 0.25) is 0 Å². The van der Waals surface area contributed by atoms with Crippen LogP contribution < -0.4 is 5.32 Å². The third-order valence-electron chi connectivity index (χ3n) is 2.27. The van der Waals surface area contributed by atoms with E-state index in [1.165, 1.54) is 0 Å². The Morgan fingerprint density at radius 2 is 2.29 bits per heavy atom. The molecule has 0 aromatic rings. The first-order chi connectivity index (χ1) is 6.54. The minimum Gasteiger partial charge on any atom is -0.288 e. The maximum atomic E-state index is 11.3. The van der Waals surface area contributed by atoms with Gasteiger partial charge in [0.25, 0.3) is 0 Å². The lowest BCUT2D eigenvalue weighted by molar-refractivity contribution is 0.417. The van der Waals surface area contributed by atoms with E-state index in [0.717, 1.165) is 0 Å². The van der Waals surface area contributed by atoms with Crippen LogP contribution in [-0.2, 0) is 9.84 Å². The number of nitrogens with one attached hydrogen (secondary N) is 1. The maximum absolute atomic E-state index is 11.3. The number of terminal acetylenes is 1. The van der Waals surface area contributed by atoms with E-state index in [2.05, 4.69) is 11.2 Å². The van der Waals surface area contributed by atoms with Gasteiger partial charge in [0, 0.05) is 0 Å². The second kappa shape index (κ2) is 4.00. The molecule has 1 rings (SSSR count). The summed E-state index contributed by atoms with van der Waals surface area (Å²) < 4.78 is 22.7. The zero-order valence-electron chi connectivity index (χ0n) is 7.78. The molecule has 0 aromatic carbocycles. The minimum atomic E-state index is -3.09. The summed E-state index contributed by atoms with van der Waals surface area (Å²) in [4.78, 5) is 0. The van der Waals surface area contributed by atoms with Crippen LogP contribution in [-0.4, -0.2) is 32.0 Å². The van der Waals surface area contributed by atoms with Gasteiger partial charge in [-0.25, -0.2) is 8.42 Å². The first kappa shape index (κ1) is 11.0. The summed E-state index contributed by atoms with van der Waals surface area (Å²) in [5.41, 5.74) is -0.969. The van der Waals surface area contributed by atoms with Crippen molar-refractivity contribution in [2.45, 2.75) is 18.4 Å². The summed E-state index contributed by atoms with van der Waals surface area (Å²) in [5.74, 6) is 2.39. The molecule has 0 amide bonds. The van der Waals surface area contributed by atoms with Crippen LogP contribution in [0.1, 0.15) is 12.8 Å². The van der Waals surface area contributed by atoms with Gasteiger partial charge in [0.1, 0.15) is 5.54 Å². The van der Waals surface area contributed by atoms with Gasteiger partial charge in [0.15, 0.2) is 9.84 Å². The van der Waals surface area contributed by atoms with Crippen molar-refractivity contribution in [3.05, 3.63) is 0 Å². The lowest BCUT2D eigenvalue weighted by Crippen LogP contribution is -2.52. The number of sulfone groups is 1. The van der Waals surface area contributed by atoms with E-state index in [4.69, 9.17) is 11.7 Å². The van der Waals surface area contributed by atoms with Crippen LogP contribution in [0.3, 0.4) is 0 Å².